The van der Waals surface area contributed by atoms with Crippen molar-refractivity contribution in [3.63, 3.8) is 0 Å². The number of nitrogens with zero attached hydrogens (tertiary/aromatic N) is 3. The molecule has 5 nitrogen and oxygen atoms in total. The summed E-state index contributed by atoms with van der Waals surface area (Å²) in [5.74, 6) is 1.40. The fourth-order valence-corrected chi connectivity index (χ4v) is 1.94. The van der Waals surface area contributed by atoms with Crippen molar-refractivity contribution in [1.82, 2.24) is 15.0 Å². The van der Waals surface area contributed by atoms with Crippen molar-refractivity contribution in [2.24, 2.45) is 0 Å². The lowest BCUT2D eigenvalue weighted by atomic mass is 10.3. The molecular weight excluding hydrogens is 222 g/mol. The molecule has 2 rings (SSSR count). The van der Waals surface area contributed by atoms with E-state index >= 15 is 0 Å². The maximum atomic E-state index is 4.28. The average molecular weight is 235 g/mol. The van der Waals surface area contributed by atoms with Crippen molar-refractivity contribution in [3.05, 3.63) is 28.8 Å². The van der Waals surface area contributed by atoms with Gasteiger partial charge in [0, 0.05) is 24.8 Å². The van der Waals surface area contributed by atoms with Crippen molar-refractivity contribution in [1.29, 1.82) is 0 Å². The van der Waals surface area contributed by atoms with Crippen molar-refractivity contribution >= 4 is 23.1 Å². The topological polar surface area (TPSA) is 62.7 Å². The lowest BCUT2D eigenvalue weighted by Crippen LogP contribution is -2.08. The van der Waals surface area contributed by atoms with Gasteiger partial charge in [0.1, 0.15) is 10.8 Å². The van der Waals surface area contributed by atoms with Crippen LogP contribution < -0.4 is 10.6 Å². The van der Waals surface area contributed by atoms with Gasteiger partial charge in [0.15, 0.2) is 0 Å². The van der Waals surface area contributed by atoms with E-state index in [1.165, 1.54) is 0 Å². The Morgan fingerprint density at radius 3 is 2.88 bits per heavy atom. The van der Waals surface area contributed by atoms with Crippen LogP contribution in [-0.2, 0) is 0 Å². The average Bonchev–Trinajstić information content (AvgIpc) is 2.83. The van der Waals surface area contributed by atoms with E-state index in [2.05, 4.69) is 32.5 Å². The van der Waals surface area contributed by atoms with Crippen LogP contribution in [0.4, 0.5) is 11.8 Å². The zero-order valence-electron chi connectivity index (χ0n) is 9.14. The first-order valence-corrected chi connectivity index (χ1v) is 5.84. The minimum absolute atomic E-state index is 0.152. The monoisotopic (exact) mass is 235 g/mol. The van der Waals surface area contributed by atoms with Crippen molar-refractivity contribution < 1.29 is 0 Å². The fourth-order valence-electron chi connectivity index (χ4n) is 1.29. The molecule has 84 valence electrons. The van der Waals surface area contributed by atoms with Gasteiger partial charge in [-0.1, -0.05) is 0 Å². The van der Waals surface area contributed by atoms with Gasteiger partial charge in [-0.3, -0.25) is 0 Å². The first-order chi connectivity index (χ1) is 7.79. The molecular formula is C10H13N5S. The molecule has 0 aliphatic carbocycles. The van der Waals surface area contributed by atoms with Crippen LogP contribution in [0.3, 0.4) is 0 Å². The van der Waals surface area contributed by atoms with E-state index in [9.17, 15) is 0 Å². The van der Waals surface area contributed by atoms with Gasteiger partial charge in [0.2, 0.25) is 5.95 Å². The Morgan fingerprint density at radius 2 is 2.19 bits per heavy atom. The number of nitrogens with one attached hydrogen (secondary N) is 2. The number of rotatable bonds is 4. The normalized spacial score (nSPS) is 12.1. The second-order valence-electron chi connectivity index (χ2n) is 3.25. The van der Waals surface area contributed by atoms with Gasteiger partial charge >= 0.3 is 0 Å². The van der Waals surface area contributed by atoms with E-state index in [-0.39, 0.29) is 6.04 Å². The minimum Gasteiger partial charge on any atom is -0.361 e. The van der Waals surface area contributed by atoms with Gasteiger partial charge in [-0.15, -0.1) is 11.3 Å². The predicted octanol–water partition coefficient (Wildman–Crippen LogP) is 2.15. The summed E-state index contributed by atoms with van der Waals surface area (Å²) in [6.45, 7) is 2.06. The van der Waals surface area contributed by atoms with E-state index in [0.29, 0.717) is 5.95 Å². The Bertz CT molecular complexity index is 442. The summed E-state index contributed by atoms with van der Waals surface area (Å²) in [5.41, 5.74) is 0. The molecule has 16 heavy (non-hydrogen) atoms. The van der Waals surface area contributed by atoms with Crippen LogP contribution in [0, 0.1) is 0 Å². The summed E-state index contributed by atoms with van der Waals surface area (Å²) in [4.78, 5) is 12.6. The zero-order chi connectivity index (χ0) is 11.4. The largest absolute Gasteiger partial charge is 0.361 e. The highest BCUT2D eigenvalue weighted by atomic mass is 32.1. The Hall–Kier alpha value is -1.69. The molecule has 1 atom stereocenters. The second kappa shape index (κ2) is 4.89. The first-order valence-electron chi connectivity index (χ1n) is 4.96. The number of thiazole rings is 1. The van der Waals surface area contributed by atoms with Crippen molar-refractivity contribution in [3.8, 4) is 0 Å². The summed E-state index contributed by atoms with van der Waals surface area (Å²) < 4.78 is 0. The van der Waals surface area contributed by atoms with Crippen molar-refractivity contribution in [2.45, 2.75) is 13.0 Å². The summed E-state index contributed by atoms with van der Waals surface area (Å²) in [7, 11) is 1.80. The Kier molecular flexibility index (Phi) is 3.31. The Labute approximate surface area is 98.0 Å². The molecule has 0 bridgehead atoms. The van der Waals surface area contributed by atoms with Crippen LogP contribution in [0.5, 0.6) is 0 Å². The van der Waals surface area contributed by atoms with Crippen LogP contribution in [0.25, 0.3) is 0 Å². The van der Waals surface area contributed by atoms with Crippen LogP contribution in [-0.4, -0.2) is 22.0 Å². The molecule has 0 aromatic carbocycles. The predicted molar refractivity (Wildman–Crippen MR) is 65.7 cm³/mol. The first kappa shape index (κ1) is 10.8. The van der Waals surface area contributed by atoms with E-state index in [4.69, 9.17) is 0 Å². The van der Waals surface area contributed by atoms with E-state index in [0.717, 1.165) is 10.8 Å². The number of aromatic nitrogens is 3. The number of hydrogen-bond acceptors (Lipinski definition) is 6. The van der Waals surface area contributed by atoms with E-state index < -0.39 is 0 Å². The summed E-state index contributed by atoms with van der Waals surface area (Å²) in [5, 5.41) is 9.19. The Balaban J connectivity index is 2.08. The second-order valence-corrected chi connectivity index (χ2v) is 4.18. The maximum absolute atomic E-state index is 4.28. The van der Waals surface area contributed by atoms with Gasteiger partial charge in [0.25, 0.3) is 0 Å². The molecule has 0 aliphatic rings. The van der Waals surface area contributed by atoms with Crippen LogP contribution in [0.15, 0.2) is 23.8 Å². The van der Waals surface area contributed by atoms with Crippen LogP contribution in [0.1, 0.15) is 18.0 Å². The highest BCUT2D eigenvalue weighted by molar-refractivity contribution is 7.09. The smallest absolute Gasteiger partial charge is 0.224 e. The van der Waals surface area contributed by atoms with Gasteiger partial charge in [-0.05, 0) is 13.0 Å². The molecule has 0 fully saturated rings. The SMILES string of the molecule is CNc1nccc(NC(C)c2nccs2)n1. The van der Waals surface area contributed by atoms with E-state index in [1.807, 2.05) is 11.4 Å². The number of anilines is 2. The molecule has 2 heterocycles. The highest BCUT2D eigenvalue weighted by Crippen LogP contribution is 2.19. The maximum Gasteiger partial charge on any atom is 0.224 e. The molecule has 0 aliphatic heterocycles. The molecule has 0 saturated heterocycles. The third-order valence-electron chi connectivity index (χ3n) is 2.07. The van der Waals surface area contributed by atoms with Gasteiger partial charge in [0.05, 0.1) is 6.04 Å². The number of hydrogen-bond donors (Lipinski definition) is 2. The lowest BCUT2D eigenvalue weighted by Gasteiger charge is -2.11. The molecule has 2 N–H and O–H groups in total. The minimum atomic E-state index is 0.152. The molecule has 1 unspecified atom stereocenters. The third kappa shape index (κ3) is 2.46. The molecule has 6 heteroatoms. The zero-order valence-corrected chi connectivity index (χ0v) is 9.95. The summed E-state index contributed by atoms with van der Waals surface area (Å²) >= 11 is 1.63. The summed E-state index contributed by atoms with van der Waals surface area (Å²) in [6, 6.07) is 1.99. The van der Waals surface area contributed by atoms with Gasteiger partial charge in [-0.2, -0.15) is 4.98 Å². The Morgan fingerprint density at radius 1 is 1.31 bits per heavy atom. The molecule has 0 amide bonds. The van der Waals surface area contributed by atoms with E-state index in [1.54, 1.807) is 30.8 Å². The molecule has 2 aromatic heterocycles. The van der Waals surface area contributed by atoms with Crippen LogP contribution >= 0.6 is 11.3 Å². The molecule has 0 saturated carbocycles. The molecule has 0 spiro atoms. The summed E-state index contributed by atoms with van der Waals surface area (Å²) in [6.07, 6.45) is 3.52. The third-order valence-corrected chi connectivity index (χ3v) is 3.02. The van der Waals surface area contributed by atoms with Crippen LogP contribution in [0.2, 0.25) is 0 Å². The molecule has 2 aromatic rings. The molecule has 0 radical (unpaired) electrons. The fraction of sp³-hybridized carbons (Fsp3) is 0.300. The van der Waals surface area contributed by atoms with Crippen molar-refractivity contribution in [2.75, 3.05) is 17.7 Å². The van der Waals surface area contributed by atoms with Gasteiger partial charge in [-0.25, -0.2) is 9.97 Å². The standard InChI is InChI=1S/C10H13N5S/c1-7(9-12-5-6-16-9)14-8-3-4-13-10(11-2)15-8/h3-7H,1-2H3,(H2,11,13,14,15). The highest BCUT2D eigenvalue weighted by Gasteiger charge is 2.08. The quantitative estimate of drug-likeness (QED) is 0.850. The van der Waals surface area contributed by atoms with Gasteiger partial charge < -0.3 is 10.6 Å². The lowest BCUT2D eigenvalue weighted by molar-refractivity contribution is 0.859.